The Labute approximate surface area is 107 Å². The van der Waals surface area contributed by atoms with Gasteiger partial charge in [0.05, 0.1) is 0 Å². The van der Waals surface area contributed by atoms with Gasteiger partial charge in [-0.1, -0.05) is 36.0 Å². The lowest BCUT2D eigenvalue weighted by Gasteiger charge is -2.03. The van der Waals surface area contributed by atoms with Crippen LogP contribution in [0, 0.1) is 6.92 Å². The Morgan fingerprint density at radius 1 is 1.38 bits per heavy atom. The smallest absolute Gasteiger partial charge is 0.169 e. The van der Waals surface area contributed by atoms with Crippen LogP contribution in [0.25, 0.3) is 11.3 Å². The van der Waals surface area contributed by atoms with Crippen molar-refractivity contribution in [3.8, 4) is 11.3 Å². The number of halogens is 1. The normalized spacial score (nSPS) is 14.1. The number of benzene rings is 1. The van der Waals surface area contributed by atoms with E-state index >= 15 is 0 Å². The molecule has 1 aromatic carbocycles. The van der Waals surface area contributed by atoms with E-state index < -0.39 is 0 Å². The van der Waals surface area contributed by atoms with E-state index in [0.29, 0.717) is 0 Å². The Morgan fingerprint density at radius 3 is 2.94 bits per heavy atom. The highest BCUT2D eigenvalue weighted by atomic mass is 79.9. The van der Waals surface area contributed by atoms with Crippen LogP contribution < -0.4 is 0 Å². The summed E-state index contributed by atoms with van der Waals surface area (Å²) in [7, 11) is 0. The van der Waals surface area contributed by atoms with Gasteiger partial charge in [0, 0.05) is 17.9 Å². The van der Waals surface area contributed by atoms with Crippen LogP contribution in [0.5, 0.6) is 0 Å². The average molecular weight is 295 g/mol. The van der Waals surface area contributed by atoms with E-state index in [1.807, 2.05) is 11.8 Å². The standard InChI is InChI=1S/C12H11BrN2S/c1-8-4-2-3-5-9(8)10-11(13)15-6-7-16-12(15)14-10/h2-5H,6-7H2,1H3. The van der Waals surface area contributed by atoms with Gasteiger partial charge in [0.25, 0.3) is 0 Å². The fourth-order valence-electron chi connectivity index (χ4n) is 1.96. The number of imidazole rings is 1. The Morgan fingerprint density at radius 2 is 2.19 bits per heavy atom. The fourth-order valence-corrected chi connectivity index (χ4v) is 3.67. The molecule has 0 spiro atoms. The molecule has 2 aromatic rings. The van der Waals surface area contributed by atoms with Crippen LogP contribution in [0.4, 0.5) is 0 Å². The summed E-state index contributed by atoms with van der Waals surface area (Å²) in [5, 5.41) is 1.13. The molecule has 0 saturated carbocycles. The first-order chi connectivity index (χ1) is 7.77. The molecule has 0 amide bonds. The minimum absolute atomic E-state index is 1.06. The van der Waals surface area contributed by atoms with Crippen molar-refractivity contribution in [2.24, 2.45) is 0 Å². The van der Waals surface area contributed by atoms with Gasteiger partial charge in [0.15, 0.2) is 5.16 Å². The van der Waals surface area contributed by atoms with Crippen LogP contribution in [0.1, 0.15) is 5.56 Å². The van der Waals surface area contributed by atoms with Gasteiger partial charge in [-0.15, -0.1) is 0 Å². The third-order valence-electron chi connectivity index (χ3n) is 2.82. The summed E-state index contributed by atoms with van der Waals surface area (Å²) < 4.78 is 3.36. The summed E-state index contributed by atoms with van der Waals surface area (Å²) in [6.45, 7) is 3.18. The first kappa shape index (κ1) is 10.4. The molecule has 2 nitrogen and oxygen atoms in total. The second-order valence-corrected chi connectivity index (χ2v) is 5.66. The summed E-state index contributed by atoms with van der Waals surface area (Å²) in [5.41, 5.74) is 3.56. The Balaban J connectivity index is 2.18. The van der Waals surface area contributed by atoms with Crippen molar-refractivity contribution in [2.75, 3.05) is 5.75 Å². The van der Waals surface area contributed by atoms with Crippen molar-refractivity contribution in [3.05, 3.63) is 34.4 Å². The summed E-state index contributed by atoms with van der Waals surface area (Å²) >= 11 is 5.49. The molecule has 16 heavy (non-hydrogen) atoms. The maximum Gasteiger partial charge on any atom is 0.169 e. The van der Waals surface area contributed by atoms with Gasteiger partial charge in [0.2, 0.25) is 0 Å². The van der Waals surface area contributed by atoms with E-state index in [4.69, 9.17) is 4.98 Å². The maximum atomic E-state index is 4.70. The van der Waals surface area contributed by atoms with Gasteiger partial charge in [0.1, 0.15) is 10.3 Å². The molecule has 0 radical (unpaired) electrons. The SMILES string of the molecule is Cc1ccccc1-c1nc2n(c1Br)CCS2. The molecule has 0 atom stereocenters. The fraction of sp³-hybridized carbons (Fsp3) is 0.250. The van der Waals surface area contributed by atoms with E-state index in [1.54, 1.807) is 0 Å². The minimum Gasteiger partial charge on any atom is -0.312 e. The molecule has 0 saturated heterocycles. The van der Waals surface area contributed by atoms with Crippen molar-refractivity contribution in [1.82, 2.24) is 9.55 Å². The summed E-state index contributed by atoms with van der Waals surface area (Å²) in [4.78, 5) is 4.70. The molecule has 0 fully saturated rings. The van der Waals surface area contributed by atoms with Crippen LogP contribution in [-0.2, 0) is 6.54 Å². The van der Waals surface area contributed by atoms with Crippen LogP contribution in [0.15, 0.2) is 34.0 Å². The number of hydrogen-bond donors (Lipinski definition) is 0. The first-order valence-electron chi connectivity index (χ1n) is 5.22. The van der Waals surface area contributed by atoms with Gasteiger partial charge in [-0.3, -0.25) is 0 Å². The predicted octanol–water partition coefficient (Wildman–Crippen LogP) is 3.73. The van der Waals surface area contributed by atoms with Crippen molar-refractivity contribution in [1.29, 1.82) is 0 Å². The molecule has 0 aliphatic carbocycles. The van der Waals surface area contributed by atoms with Gasteiger partial charge in [-0.25, -0.2) is 4.98 Å². The van der Waals surface area contributed by atoms with E-state index in [0.717, 1.165) is 27.8 Å². The topological polar surface area (TPSA) is 17.8 Å². The number of thioether (sulfide) groups is 1. The van der Waals surface area contributed by atoms with Crippen LogP contribution in [0.2, 0.25) is 0 Å². The second kappa shape index (κ2) is 3.93. The van der Waals surface area contributed by atoms with Crippen molar-refractivity contribution >= 4 is 27.7 Å². The summed E-state index contributed by atoms with van der Waals surface area (Å²) in [6.07, 6.45) is 0. The summed E-state index contributed by atoms with van der Waals surface area (Å²) in [5.74, 6) is 1.13. The van der Waals surface area contributed by atoms with Crippen molar-refractivity contribution in [2.45, 2.75) is 18.6 Å². The van der Waals surface area contributed by atoms with E-state index in [-0.39, 0.29) is 0 Å². The van der Waals surface area contributed by atoms with E-state index in [1.165, 1.54) is 11.1 Å². The molecule has 4 heteroatoms. The molecule has 3 rings (SSSR count). The molecular formula is C12H11BrN2S. The lowest BCUT2D eigenvalue weighted by Crippen LogP contribution is -1.93. The van der Waals surface area contributed by atoms with E-state index in [9.17, 15) is 0 Å². The Kier molecular flexibility index (Phi) is 2.56. The Bertz CT molecular complexity index is 548. The monoisotopic (exact) mass is 294 g/mol. The molecule has 1 aliphatic heterocycles. The van der Waals surface area contributed by atoms with Crippen molar-refractivity contribution in [3.63, 3.8) is 0 Å². The van der Waals surface area contributed by atoms with Gasteiger partial charge in [-0.2, -0.15) is 0 Å². The van der Waals surface area contributed by atoms with Crippen LogP contribution >= 0.6 is 27.7 Å². The highest BCUT2D eigenvalue weighted by Crippen LogP contribution is 2.37. The van der Waals surface area contributed by atoms with Gasteiger partial charge in [-0.05, 0) is 28.4 Å². The minimum atomic E-state index is 1.06. The van der Waals surface area contributed by atoms with Gasteiger partial charge < -0.3 is 4.57 Å². The summed E-state index contributed by atoms with van der Waals surface area (Å²) in [6, 6.07) is 8.37. The van der Waals surface area contributed by atoms with E-state index in [2.05, 4.69) is 51.7 Å². The van der Waals surface area contributed by atoms with Crippen LogP contribution in [0.3, 0.4) is 0 Å². The third-order valence-corrected chi connectivity index (χ3v) is 4.58. The number of hydrogen-bond acceptors (Lipinski definition) is 2. The molecule has 0 bridgehead atoms. The lowest BCUT2D eigenvalue weighted by molar-refractivity contribution is 0.705. The second-order valence-electron chi connectivity index (χ2n) is 3.85. The number of aromatic nitrogens is 2. The molecular weight excluding hydrogens is 284 g/mol. The highest BCUT2D eigenvalue weighted by Gasteiger charge is 2.21. The average Bonchev–Trinajstić information content (AvgIpc) is 2.83. The molecule has 0 unspecified atom stereocenters. The third kappa shape index (κ3) is 1.52. The molecule has 82 valence electrons. The number of rotatable bonds is 1. The lowest BCUT2D eigenvalue weighted by atomic mass is 10.1. The van der Waals surface area contributed by atoms with Crippen molar-refractivity contribution < 1.29 is 0 Å². The zero-order valence-corrected chi connectivity index (χ0v) is 11.3. The zero-order valence-electron chi connectivity index (χ0n) is 8.90. The Hall–Kier alpha value is -0.740. The zero-order chi connectivity index (χ0) is 11.1. The number of aryl methyl sites for hydroxylation is 1. The molecule has 0 N–H and O–H groups in total. The first-order valence-corrected chi connectivity index (χ1v) is 7.00. The highest BCUT2D eigenvalue weighted by molar-refractivity contribution is 9.10. The molecule has 1 aromatic heterocycles. The van der Waals surface area contributed by atoms with Gasteiger partial charge >= 0.3 is 0 Å². The number of nitrogens with zero attached hydrogens (tertiary/aromatic N) is 2. The maximum absolute atomic E-state index is 4.70. The van der Waals surface area contributed by atoms with Crippen LogP contribution in [-0.4, -0.2) is 15.3 Å². The molecule has 2 heterocycles. The quantitative estimate of drug-likeness (QED) is 0.798. The number of fused-ring (bicyclic) bond motifs is 1. The largest absolute Gasteiger partial charge is 0.312 e. The predicted molar refractivity (Wildman–Crippen MR) is 70.8 cm³/mol. The molecule has 1 aliphatic rings.